The molecule has 0 spiro atoms. The van der Waals surface area contributed by atoms with Crippen LogP contribution in [0.3, 0.4) is 0 Å². The molecule has 2 saturated carbocycles. The van der Waals surface area contributed by atoms with E-state index in [1.165, 1.54) is 0 Å². The number of aliphatic hydroxyl groups is 2. The van der Waals surface area contributed by atoms with Gasteiger partial charge in [0.1, 0.15) is 22.6 Å². The van der Waals surface area contributed by atoms with Crippen LogP contribution in [0.2, 0.25) is 0 Å². The summed E-state index contributed by atoms with van der Waals surface area (Å²) in [6, 6.07) is 18.8. The van der Waals surface area contributed by atoms with E-state index < -0.39 is 21.4 Å². The van der Waals surface area contributed by atoms with E-state index in [0.29, 0.717) is 37.1 Å². The van der Waals surface area contributed by atoms with E-state index >= 15 is 0 Å². The van der Waals surface area contributed by atoms with Crippen LogP contribution >= 0.6 is 0 Å². The second kappa shape index (κ2) is 20.9. The van der Waals surface area contributed by atoms with Crippen molar-refractivity contribution in [3.63, 3.8) is 0 Å². The summed E-state index contributed by atoms with van der Waals surface area (Å²) in [4.78, 5) is 16.5. The molecule has 2 fully saturated rings. The van der Waals surface area contributed by atoms with E-state index in [0.717, 1.165) is 49.7 Å². The van der Waals surface area contributed by atoms with Crippen LogP contribution in [0.1, 0.15) is 75.3 Å². The average Bonchev–Trinajstić information content (AvgIpc) is 2.91. The zero-order valence-corrected chi connectivity index (χ0v) is 23.8. The van der Waals surface area contributed by atoms with E-state index in [2.05, 4.69) is 10.3 Å². The van der Waals surface area contributed by atoms with Crippen molar-refractivity contribution in [1.82, 2.24) is 0 Å². The summed E-state index contributed by atoms with van der Waals surface area (Å²) >= 11 is 0. The first kappa shape index (κ1) is 40.3. The predicted molar refractivity (Wildman–Crippen MR) is 151 cm³/mol. The number of rotatable bonds is 4. The molecule has 2 aromatic rings. The first-order chi connectivity index (χ1) is 19.0. The second-order valence-corrected chi connectivity index (χ2v) is 9.26. The molecular weight excluding hydrogens is 603 g/mol. The third-order valence-electron chi connectivity index (χ3n) is 6.54. The molecule has 15 nitrogen and oxygen atoms in total. The van der Waals surface area contributed by atoms with E-state index in [-0.39, 0.29) is 22.0 Å². The fourth-order valence-electron chi connectivity index (χ4n) is 4.78. The predicted octanol–water partition coefficient (Wildman–Crippen LogP) is 3.72. The number of hydrogen-bond acceptors (Lipinski definition) is 12. The smallest absolute Gasteiger partial charge is 0.457 e. The molecule has 42 heavy (non-hydrogen) atoms. The fraction of sp³-hybridized carbons (Fsp3) is 0.462. The van der Waals surface area contributed by atoms with Crippen molar-refractivity contribution < 1.29 is 52.8 Å². The van der Waals surface area contributed by atoms with Gasteiger partial charge in [0.25, 0.3) is 0 Å². The Balaban J connectivity index is 0. The van der Waals surface area contributed by atoms with Gasteiger partial charge in [0.15, 0.2) is 0 Å². The van der Waals surface area contributed by atoms with E-state index in [1.807, 2.05) is 60.7 Å². The minimum Gasteiger partial charge on any atom is -0.457 e. The van der Waals surface area contributed by atoms with Gasteiger partial charge in [0.2, 0.25) is 0 Å². The number of benzene rings is 2. The van der Waals surface area contributed by atoms with Crippen molar-refractivity contribution >= 4 is 11.4 Å². The maximum Gasteiger partial charge on any atom is 2.00 e. The molecule has 0 amide bonds. The van der Waals surface area contributed by atoms with Gasteiger partial charge >= 0.3 is 16.5 Å². The molecule has 16 heteroatoms. The maximum atomic E-state index is 10.5. The van der Waals surface area contributed by atoms with Crippen molar-refractivity contribution in [2.45, 2.75) is 75.4 Å². The van der Waals surface area contributed by atoms with Crippen molar-refractivity contribution in [1.29, 1.82) is 0 Å². The van der Waals surface area contributed by atoms with Crippen LogP contribution in [0, 0.1) is 30.6 Å². The van der Waals surface area contributed by atoms with Gasteiger partial charge in [-0.05, 0) is 25.7 Å². The molecule has 2 aliphatic rings. The molecule has 4 rings (SSSR count). The Bertz CT molecular complexity index is 998. The second-order valence-electron chi connectivity index (χ2n) is 9.26. The normalized spacial score (nSPS) is 16.9. The van der Waals surface area contributed by atoms with Crippen LogP contribution in [0.25, 0.3) is 0 Å². The molecule has 2 aromatic carbocycles. The quantitative estimate of drug-likeness (QED) is 0.0939. The van der Waals surface area contributed by atoms with E-state index in [9.17, 15) is 10.2 Å². The number of oxime groups is 2. The third kappa shape index (κ3) is 14.2. The van der Waals surface area contributed by atoms with Gasteiger partial charge in [-0.15, -0.1) is 0 Å². The molecule has 0 aliphatic heterocycles. The third-order valence-corrected chi connectivity index (χ3v) is 6.54. The Hall–Kier alpha value is -3.85. The molecule has 7 N–H and O–H groups in total. The van der Waals surface area contributed by atoms with Crippen LogP contribution in [-0.4, -0.2) is 53.4 Å². The Morgan fingerprint density at radius 1 is 0.595 bits per heavy atom. The average molecular weight is 640 g/mol. The van der Waals surface area contributed by atoms with Gasteiger partial charge in [-0.3, -0.25) is 0 Å². The summed E-state index contributed by atoms with van der Waals surface area (Å²) in [6.07, 6.45) is 8.98. The van der Waals surface area contributed by atoms with Gasteiger partial charge in [0, 0.05) is 11.1 Å². The van der Waals surface area contributed by atoms with Crippen molar-refractivity contribution in [3.8, 4) is 0 Å². The minimum atomic E-state index is -1.75. The van der Waals surface area contributed by atoms with E-state index in [1.54, 1.807) is 0 Å². The molecule has 0 unspecified atom stereocenters. The van der Waals surface area contributed by atoms with Crippen LogP contribution in [0.5, 0.6) is 0 Å². The van der Waals surface area contributed by atoms with Gasteiger partial charge in [-0.2, -0.15) is 0 Å². The maximum absolute atomic E-state index is 10.5. The SMILES string of the molecule is O/N=C(\c1ccccc1)C1(O)CCCCC1.O/N=C(\c1ccccc1)C1(O)CCCCC1.O=[N+]([O-])[O-].O=[N+]([O-])[O-].[Ni+2].[OH3+]. The summed E-state index contributed by atoms with van der Waals surface area (Å²) in [5.74, 6) is 0. The molecule has 0 atom stereocenters. The number of nitrogens with zero attached hydrogens (tertiary/aromatic N) is 4. The summed E-state index contributed by atoms with van der Waals surface area (Å²) < 4.78 is 0. The topological polar surface area (TPSA) is 271 Å². The van der Waals surface area contributed by atoms with Crippen LogP contribution in [-0.2, 0) is 22.0 Å². The molecular formula is C26H37N4NiO11+. The molecule has 0 bridgehead atoms. The Morgan fingerprint density at radius 3 is 1.05 bits per heavy atom. The largest absolute Gasteiger partial charge is 2.00 e. The summed E-state index contributed by atoms with van der Waals surface area (Å²) in [5.41, 5.74) is 0.521. The zero-order valence-electron chi connectivity index (χ0n) is 22.8. The molecule has 0 heterocycles. The zero-order chi connectivity index (χ0) is 30.0. The first-order valence-corrected chi connectivity index (χ1v) is 12.6. The monoisotopic (exact) mass is 639 g/mol. The first-order valence-electron chi connectivity index (χ1n) is 12.6. The van der Waals surface area contributed by atoms with Gasteiger partial charge in [-0.25, -0.2) is 0 Å². The van der Waals surface area contributed by atoms with E-state index in [4.69, 9.17) is 41.1 Å². The van der Waals surface area contributed by atoms with Gasteiger partial charge in [0.05, 0.1) is 10.2 Å². The fourth-order valence-corrected chi connectivity index (χ4v) is 4.78. The number of hydrogen-bond donors (Lipinski definition) is 4. The molecule has 0 radical (unpaired) electrons. The van der Waals surface area contributed by atoms with Crippen molar-refractivity contribution in [3.05, 3.63) is 102 Å². The molecule has 0 aromatic heterocycles. The van der Waals surface area contributed by atoms with Gasteiger partial charge in [-0.1, -0.05) is 110 Å². The van der Waals surface area contributed by atoms with Crippen molar-refractivity contribution in [2.24, 2.45) is 10.3 Å². The van der Waals surface area contributed by atoms with Crippen LogP contribution in [0.15, 0.2) is 71.0 Å². The summed E-state index contributed by atoms with van der Waals surface area (Å²) in [5, 5.41) is 75.4. The van der Waals surface area contributed by atoms with Gasteiger partial charge < -0.3 is 56.7 Å². The van der Waals surface area contributed by atoms with Crippen LogP contribution in [0.4, 0.5) is 0 Å². The Morgan fingerprint density at radius 2 is 0.833 bits per heavy atom. The summed E-state index contributed by atoms with van der Waals surface area (Å²) in [7, 11) is 0. The van der Waals surface area contributed by atoms with Crippen molar-refractivity contribution in [2.75, 3.05) is 0 Å². The summed E-state index contributed by atoms with van der Waals surface area (Å²) in [6.45, 7) is 0. The molecule has 0 saturated heterocycles. The Kier molecular flexibility index (Phi) is 20.1. The minimum absolute atomic E-state index is 0. The molecule has 2 aliphatic carbocycles. The Labute approximate surface area is 252 Å². The molecule has 236 valence electrons. The standard InChI is InChI=1S/2C13H17NO2.2NO3.Ni.H2O/c2*15-13(9-5-2-6-10-13)12(14-16)11-7-3-1-4-8-11;2*2-1(3)4;;/h2*1,3-4,7-8,15-16H,2,5-6,9-10H2;;;;1H2/q;;2*-1;+2;/p+1/b2*14-12+;;;;. The van der Waals surface area contributed by atoms with Crippen LogP contribution < -0.4 is 0 Å².